The van der Waals surface area contributed by atoms with E-state index in [4.69, 9.17) is 5.73 Å². The smallest absolute Gasteiger partial charge is 0.225 e. The van der Waals surface area contributed by atoms with Gasteiger partial charge in [-0.3, -0.25) is 9.59 Å². The SMILES string of the molecule is CC(=O)N1CCCN(C(=O)C2CCCC(N)C2)CC1. The number of amides is 2. The number of hydrogen-bond acceptors (Lipinski definition) is 3. The highest BCUT2D eigenvalue weighted by molar-refractivity contribution is 5.79. The molecule has 5 heteroatoms. The van der Waals surface area contributed by atoms with Gasteiger partial charge in [-0.15, -0.1) is 0 Å². The zero-order valence-electron chi connectivity index (χ0n) is 11.8. The lowest BCUT2D eigenvalue weighted by molar-refractivity contribution is -0.137. The molecule has 0 spiro atoms. The summed E-state index contributed by atoms with van der Waals surface area (Å²) >= 11 is 0. The van der Waals surface area contributed by atoms with Crippen LogP contribution in [0.2, 0.25) is 0 Å². The Morgan fingerprint density at radius 3 is 2.37 bits per heavy atom. The molecular formula is C14H25N3O2. The molecule has 0 aromatic rings. The van der Waals surface area contributed by atoms with E-state index in [1.165, 1.54) is 0 Å². The van der Waals surface area contributed by atoms with E-state index in [1.54, 1.807) is 6.92 Å². The Balaban J connectivity index is 1.90. The van der Waals surface area contributed by atoms with Crippen molar-refractivity contribution in [1.29, 1.82) is 0 Å². The lowest BCUT2D eigenvalue weighted by Gasteiger charge is -2.30. The van der Waals surface area contributed by atoms with Gasteiger partial charge in [0.05, 0.1) is 0 Å². The second kappa shape index (κ2) is 6.37. The third-order valence-electron chi connectivity index (χ3n) is 4.32. The predicted molar refractivity (Wildman–Crippen MR) is 73.4 cm³/mol. The number of rotatable bonds is 1. The third-order valence-corrected chi connectivity index (χ3v) is 4.32. The van der Waals surface area contributed by atoms with E-state index < -0.39 is 0 Å². The van der Waals surface area contributed by atoms with Crippen LogP contribution in [0.1, 0.15) is 39.0 Å². The molecule has 1 heterocycles. The molecule has 108 valence electrons. The van der Waals surface area contributed by atoms with Crippen LogP contribution in [0.4, 0.5) is 0 Å². The first-order chi connectivity index (χ1) is 9.08. The second-order valence-corrected chi connectivity index (χ2v) is 5.81. The van der Waals surface area contributed by atoms with Gasteiger partial charge in [0.2, 0.25) is 11.8 Å². The molecule has 1 saturated heterocycles. The fourth-order valence-electron chi connectivity index (χ4n) is 3.16. The summed E-state index contributed by atoms with van der Waals surface area (Å²) in [6.07, 6.45) is 4.78. The zero-order chi connectivity index (χ0) is 13.8. The fraction of sp³-hybridized carbons (Fsp3) is 0.857. The van der Waals surface area contributed by atoms with Crippen molar-refractivity contribution in [2.45, 2.75) is 45.1 Å². The maximum Gasteiger partial charge on any atom is 0.225 e. The van der Waals surface area contributed by atoms with Crippen LogP contribution < -0.4 is 5.73 Å². The standard InChI is InChI=1S/C14H25N3O2/c1-11(18)16-6-3-7-17(9-8-16)14(19)12-4-2-5-13(15)10-12/h12-13H,2-10,15H2,1H3. The summed E-state index contributed by atoms with van der Waals surface area (Å²) in [7, 11) is 0. The Kier molecular flexibility index (Phi) is 4.80. The number of hydrogen-bond donors (Lipinski definition) is 1. The molecule has 5 nitrogen and oxygen atoms in total. The minimum Gasteiger partial charge on any atom is -0.341 e. The summed E-state index contributed by atoms with van der Waals surface area (Å²) in [5.41, 5.74) is 5.96. The van der Waals surface area contributed by atoms with Gasteiger partial charge in [0.15, 0.2) is 0 Å². The summed E-state index contributed by atoms with van der Waals surface area (Å²) in [6.45, 7) is 4.47. The van der Waals surface area contributed by atoms with Crippen molar-refractivity contribution in [2.75, 3.05) is 26.2 Å². The lowest BCUT2D eigenvalue weighted by atomic mass is 9.85. The van der Waals surface area contributed by atoms with Crippen LogP contribution in [-0.4, -0.2) is 53.8 Å². The van der Waals surface area contributed by atoms with Gasteiger partial charge in [0, 0.05) is 45.1 Å². The molecule has 2 fully saturated rings. The number of carbonyl (C=O) groups is 2. The molecule has 0 aromatic carbocycles. The molecule has 2 amide bonds. The predicted octanol–water partition coefficient (Wildman–Crippen LogP) is 0.585. The molecule has 2 N–H and O–H groups in total. The first-order valence-corrected chi connectivity index (χ1v) is 7.38. The van der Waals surface area contributed by atoms with Crippen molar-refractivity contribution in [3.05, 3.63) is 0 Å². The number of nitrogens with zero attached hydrogens (tertiary/aromatic N) is 2. The molecule has 0 aromatic heterocycles. The van der Waals surface area contributed by atoms with Crippen LogP contribution in [0, 0.1) is 5.92 Å². The summed E-state index contributed by atoms with van der Waals surface area (Å²) < 4.78 is 0. The Labute approximate surface area is 115 Å². The van der Waals surface area contributed by atoms with Crippen molar-refractivity contribution in [3.63, 3.8) is 0 Å². The molecular weight excluding hydrogens is 242 g/mol. The lowest BCUT2D eigenvalue weighted by Crippen LogP contribution is -2.42. The van der Waals surface area contributed by atoms with E-state index in [0.29, 0.717) is 13.1 Å². The van der Waals surface area contributed by atoms with E-state index in [1.807, 2.05) is 9.80 Å². The molecule has 2 aliphatic rings. The minimum absolute atomic E-state index is 0.104. The van der Waals surface area contributed by atoms with Gasteiger partial charge in [-0.1, -0.05) is 6.42 Å². The maximum absolute atomic E-state index is 12.5. The van der Waals surface area contributed by atoms with Crippen LogP contribution in [0.5, 0.6) is 0 Å². The average Bonchev–Trinajstić information content (AvgIpc) is 2.63. The summed E-state index contributed by atoms with van der Waals surface area (Å²) in [4.78, 5) is 27.6. The molecule has 0 radical (unpaired) electrons. The third kappa shape index (κ3) is 3.69. The summed E-state index contributed by atoms with van der Waals surface area (Å²) in [5.74, 6) is 0.460. The second-order valence-electron chi connectivity index (χ2n) is 5.81. The summed E-state index contributed by atoms with van der Waals surface area (Å²) in [5, 5.41) is 0. The first-order valence-electron chi connectivity index (χ1n) is 7.38. The Morgan fingerprint density at radius 2 is 1.68 bits per heavy atom. The molecule has 2 unspecified atom stereocenters. The van der Waals surface area contributed by atoms with Crippen LogP contribution in [-0.2, 0) is 9.59 Å². The highest BCUT2D eigenvalue weighted by atomic mass is 16.2. The molecule has 1 saturated carbocycles. The topological polar surface area (TPSA) is 66.6 Å². The number of nitrogens with two attached hydrogens (primary N) is 1. The van der Waals surface area contributed by atoms with Gasteiger partial charge < -0.3 is 15.5 Å². The van der Waals surface area contributed by atoms with Crippen LogP contribution in [0.15, 0.2) is 0 Å². The van der Waals surface area contributed by atoms with Crippen LogP contribution in [0.25, 0.3) is 0 Å². The van der Waals surface area contributed by atoms with E-state index in [2.05, 4.69) is 0 Å². The Morgan fingerprint density at radius 1 is 1.00 bits per heavy atom. The molecule has 2 atom stereocenters. The van der Waals surface area contributed by atoms with E-state index in [9.17, 15) is 9.59 Å². The quantitative estimate of drug-likeness (QED) is 0.756. The Hall–Kier alpha value is -1.10. The zero-order valence-corrected chi connectivity index (χ0v) is 11.8. The van der Waals surface area contributed by atoms with E-state index in [-0.39, 0.29) is 23.8 Å². The van der Waals surface area contributed by atoms with Gasteiger partial charge in [-0.05, 0) is 25.7 Å². The van der Waals surface area contributed by atoms with Crippen LogP contribution >= 0.6 is 0 Å². The van der Waals surface area contributed by atoms with Gasteiger partial charge in [0.25, 0.3) is 0 Å². The average molecular weight is 267 g/mol. The van der Waals surface area contributed by atoms with Crippen molar-refractivity contribution < 1.29 is 9.59 Å². The van der Waals surface area contributed by atoms with Crippen molar-refractivity contribution in [3.8, 4) is 0 Å². The maximum atomic E-state index is 12.5. The Bertz CT molecular complexity index is 346. The number of carbonyl (C=O) groups excluding carboxylic acids is 2. The largest absolute Gasteiger partial charge is 0.341 e. The van der Waals surface area contributed by atoms with E-state index in [0.717, 1.165) is 45.2 Å². The van der Waals surface area contributed by atoms with Crippen molar-refractivity contribution >= 4 is 11.8 Å². The normalized spacial score (nSPS) is 28.9. The van der Waals surface area contributed by atoms with Gasteiger partial charge in [-0.25, -0.2) is 0 Å². The van der Waals surface area contributed by atoms with E-state index >= 15 is 0 Å². The minimum atomic E-state index is 0.104. The van der Waals surface area contributed by atoms with Crippen molar-refractivity contribution in [2.24, 2.45) is 11.7 Å². The van der Waals surface area contributed by atoms with Crippen LogP contribution in [0.3, 0.4) is 0 Å². The first kappa shape index (κ1) is 14.3. The highest BCUT2D eigenvalue weighted by Gasteiger charge is 2.30. The van der Waals surface area contributed by atoms with Crippen molar-refractivity contribution in [1.82, 2.24) is 9.80 Å². The monoisotopic (exact) mass is 267 g/mol. The molecule has 1 aliphatic carbocycles. The van der Waals surface area contributed by atoms with Gasteiger partial charge >= 0.3 is 0 Å². The molecule has 2 rings (SSSR count). The van der Waals surface area contributed by atoms with Gasteiger partial charge in [0.1, 0.15) is 0 Å². The molecule has 0 bridgehead atoms. The molecule has 19 heavy (non-hydrogen) atoms. The highest BCUT2D eigenvalue weighted by Crippen LogP contribution is 2.25. The summed E-state index contributed by atoms with van der Waals surface area (Å²) in [6, 6.07) is 0.184. The van der Waals surface area contributed by atoms with Gasteiger partial charge in [-0.2, -0.15) is 0 Å². The molecule has 1 aliphatic heterocycles. The fourth-order valence-corrected chi connectivity index (χ4v) is 3.16.